The molecule has 2 aromatic rings. The van der Waals surface area contributed by atoms with Crippen LogP contribution in [0.25, 0.3) is 11.3 Å². The zero-order chi connectivity index (χ0) is 13.4. The van der Waals surface area contributed by atoms with Gasteiger partial charge in [0.1, 0.15) is 0 Å². The lowest BCUT2D eigenvalue weighted by Gasteiger charge is -2.30. The first-order valence-electron chi connectivity index (χ1n) is 7.41. The van der Waals surface area contributed by atoms with E-state index in [1.807, 2.05) is 18.2 Å². The third-order valence-electron chi connectivity index (χ3n) is 4.51. The van der Waals surface area contributed by atoms with Crippen LogP contribution in [-0.4, -0.2) is 42.3 Å². The Kier molecular flexibility index (Phi) is 6.06. The molecule has 3 aliphatic rings. The maximum atomic E-state index is 5.55. The summed E-state index contributed by atoms with van der Waals surface area (Å²) >= 11 is 0. The molecule has 0 N–H and O–H groups in total. The van der Waals surface area contributed by atoms with E-state index in [4.69, 9.17) is 4.52 Å². The second-order valence-electron chi connectivity index (χ2n) is 5.68. The molecule has 0 spiro atoms. The monoisotopic (exact) mass is 429 g/mol. The molecule has 22 heavy (non-hydrogen) atoms. The van der Waals surface area contributed by atoms with Crippen molar-refractivity contribution >= 4 is 39.8 Å². The zero-order valence-corrected chi connectivity index (χ0v) is 15.8. The van der Waals surface area contributed by atoms with Gasteiger partial charge in [0.05, 0.1) is 0 Å². The van der Waals surface area contributed by atoms with Gasteiger partial charge in [-0.05, 0) is 12.8 Å². The van der Waals surface area contributed by atoms with Crippen LogP contribution < -0.4 is 4.90 Å². The maximum Gasteiger partial charge on any atom is 0.172 e. The van der Waals surface area contributed by atoms with Crippen LogP contribution in [-0.2, 0) is 0 Å². The molecule has 5 rings (SSSR count). The van der Waals surface area contributed by atoms with Crippen molar-refractivity contribution in [2.75, 3.05) is 31.1 Å². The molecular formula is C16H21Br2N3O. The van der Waals surface area contributed by atoms with Crippen molar-refractivity contribution in [3.8, 4) is 11.3 Å². The van der Waals surface area contributed by atoms with Crippen LogP contribution in [0.3, 0.4) is 0 Å². The van der Waals surface area contributed by atoms with Crippen molar-refractivity contribution in [2.24, 2.45) is 0 Å². The number of anilines is 1. The highest BCUT2D eigenvalue weighted by Gasteiger charge is 2.30. The number of benzene rings is 1. The van der Waals surface area contributed by atoms with Crippen molar-refractivity contribution in [1.29, 1.82) is 0 Å². The number of hydrogen-bond acceptors (Lipinski definition) is 4. The number of nitrogens with zero attached hydrogens (tertiary/aromatic N) is 3. The number of fused-ring (bicyclic) bond motifs is 4. The maximum absolute atomic E-state index is 5.55. The topological polar surface area (TPSA) is 32.5 Å². The van der Waals surface area contributed by atoms with Crippen molar-refractivity contribution in [3.05, 3.63) is 36.4 Å². The summed E-state index contributed by atoms with van der Waals surface area (Å²) in [6, 6.07) is 12.9. The standard InChI is InChI=1S/C16H19N3O.2BrH/c1-2-4-13(5-3-1)15-12-16(17-20-15)19-11-10-18-8-6-14(19)7-9-18;;/h1-5,12,14H,6-11H2;2*1H. The summed E-state index contributed by atoms with van der Waals surface area (Å²) in [5, 5.41) is 4.31. The van der Waals surface area contributed by atoms with Crippen LogP contribution >= 0.6 is 34.0 Å². The minimum atomic E-state index is 0. The summed E-state index contributed by atoms with van der Waals surface area (Å²) in [6.45, 7) is 4.66. The van der Waals surface area contributed by atoms with Crippen LogP contribution in [0.15, 0.2) is 40.9 Å². The molecule has 2 bridgehead atoms. The normalized spacial score (nSPS) is 23.4. The van der Waals surface area contributed by atoms with E-state index in [1.54, 1.807) is 0 Å². The largest absolute Gasteiger partial charge is 0.354 e. The molecule has 4 nitrogen and oxygen atoms in total. The number of piperidine rings is 1. The van der Waals surface area contributed by atoms with Gasteiger partial charge in [0.25, 0.3) is 0 Å². The van der Waals surface area contributed by atoms with Crippen LogP contribution in [0.2, 0.25) is 0 Å². The van der Waals surface area contributed by atoms with Gasteiger partial charge in [-0.1, -0.05) is 35.5 Å². The molecule has 0 aliphatic carbocycles. The van der Waals surface area contributed by atoms with Gasteiger partial charge in [0.15, 0.2) is 11.6 Å². The van der Waals surface area contributed by atoms with E-state index in [1.165, 1.54) is 25.9 Å². The Morgan fingerprint density at radius 1 is 0.955 bits per heavy atom. The SMILES string of the molecule is Br.Br.c1ccc(-c2cc(N3CCN4CCC3CC4)no2)cc1. The summed E-state index contributed by atoms with van der Waals surface area (Å²) in [7, 11) is 0. The first-order valence-corrected chi connectivity index (χ1v) is 7.41. The fourth-order valence-electron chi connectivity index (χ4n) is 3.33. The van der Waals surface area contributed by atoms with Crippen molar-refractivity contribution in [1.82, 2.24) is 10.1 Å². The third kappa shape index (κ3) is 3.39. The molecular weight excluding hydrogens is 410 g/mol. The first kappa shape index (κ1) is 17.5. The molecule has 1 aromatic heterocycles. The zero-order valence-electron chi connectivity index (χ0n) is 12.4. The van der Waals surface area contributed by atoms with Crippen LogP contribution in [0.4, 0.5) is 5.82 Å². The van der Waals surface area contributed by atoms with Crippen LogP contribution in [0, 0.1) is 0 Å². The van der Waals surface area contributed by atoms with Gasteiger partial charge in [-0.2, -0.15) is 0 Å². The minimum Gasteiger partial charge on any atom is -0.354 e. The Labute approximate surface area is 152 Å². The predicted molar refractivity (Wildman–Crippen MR) is 99.4 cm³/mol. The molecule has 1 aromatic carbocycles. The van der Waals surface area contributed by atoms with E-state index in [9.17, 15) is 0 Å². The molecule has 3 aliphatic heterocycles. The van der Waals surface area contributed by atoms with Crippen LogP contribution in [0.5, 0.6) is 0 Å². The Balaban J connectivity index is 0.000000882. The van der Waals surface area contributed by atoms with Gasteiger partial charge < -0.3 is 14.3 Å². The van der Waals surface area contributed by atoms with Crippen molar-refractivity contribution < 1.29 is 4.52 Å². The highest BCUT2D eigenvalue weighted by molar-refractivity contribution is 8.93. The molecule has 0 amide bonds. The lowest BCUT2D eigenvalue weighted by atomic mass is 10.1. The lowest BCUT2D eigenvalue weighted by molar-refractivity contribution is 0.250. The molecule has 120 valence electrons. The van der Waals surface area contributed by atoms with Gasteiger partial charge in [0.2, 0.25) is 0 Å². The fraction of sp³-hybridized carbons (Fsp3) is 0.438. The molecule has 0 radical (unpaired) electrons. The second kappa shape index (κ2) is 7.62. The van der Waals surface area contributed by atoms with E-state index >= 15 is 0 Å². The van der Waals surface area contributed by atoms with E-state index < -0.39 is 0 Å². The smallest absolute Gasteiger partial charge is 0.172 e. The average molecular weight is 431 g/mol. The van der Waals surface area contributed by atoms with E-state index in [2.05, 4.69) is 33.2 Å². The fourth-order valence-corrected chi connectivity index (χ4v) is 3.33. The molecule has 4 heterocycles. The van der Waals surface area contributed by atoms with E-state index in [0.717, 1.165) is 30.2 Å². The lowest BCUT2D eigenvalue weighted by Crippen LogP contribution is -2.38. The van der Waals surface area contributed by atoms with Gasteiger partial charge in [0, 0.05) is 43.9 Å². The average Bonchev–Trinajstić information content (AvgIpc) is 2.81. The highest BCUT2D eigenvalue weighted by Crippen LogP contribution is 2.29. The Hall–Kier alpha value is -0.850. The van der Waals surface area contributed by atoms with Crippen molar-refractivity contribution in [3.63, 3.8) is 0 Å². The Morgan fingerprint density at radius 2 is 1.68 bits per heavy atom. The molecule has 0 unspecified atom stereocenters. The Bertz CT molecular complexity index is 582. The highest BCUT2D eigenvalue weighted by atomic mass is 79.9. The van der Waals surface area contributed by atoms with Crippen LogP contribution in [0.1, 0.15) is 12.8 Å². The summed E-state index contributed by atoms with van der Waals surface area (Å²) in [5.41, 5.74) is 1.09. The first-order chi connectivity index (χ1) is 9.90. The summed E-state index contributed by atoms with van der Waals surface area (Å²) < 4.78 is 5.55. The van der Waals surface area contributed by atoms with Gasteiger partial charge in [-0.3, -0.25) is 0 Å². The van der Waals surface area contributed by atoms with E-state index in [-0.39, 0.29) is 34.0 Å². The predicted octanol–water partition coefficient (Wildman–Crippen LogP) is 3.78. The summed E-state index contributed by atoms with van der Waals surface area (Å²) in [5.74, 6) is 1.86. The second-order valence-corrected chi connectivity index (χ2v) is 5.68. The molecule has 3 fully saturated rings. The molecule has 6 heteroatoms. The quantitative estimate of drug-likeness (QED) is 0.725. The third-order valence-corrected chi connectivity index (χ3v) is 4.51. The Morgan fingerprint density at radius 3 is 2.41 bits per heavy atom. The van der Waals surface area contributed by atoms with Gasteiger partial charge in [-0.15, -0.1) is 34.0 Å². The molecule has 3 saturated heterocycles. The molecule has 0 atom stereocenters. The summed E-state index contributed by atoms with van der Waals surface area (Å²) in [6.07, 6.45) is 2.49. The van der Waals surface area contributed by atoms with Crippen molar-refractivity contribution in [2.45, 2.75) is 18.9 Å². The molecule has 0 saturated carbocycles. The van der Waals surface area contributed by atoms with E-state index in [0.29, 0.717) is 6.04 Å². The minimum absolute atomic E-state index is 0. The number of halogens is 2. The summed E-state index contributed by atoms with van der Waals surface area (Å²) in [4.78, 5) is 4.98. The van der Waals surface area contributed by atoms with Gasteiger partial charge >= 0.3 is 0 Å². The van der Waals surface area contributed by atoms with Gasteiger partial charge in [-0.25, -0.2) is 0 Å². The number of rotatable bonds is 2. The number of aromatic nitrogens is 1. The number of hydrogen-bond donors (Lipinski definition) is 0.